The second-order valence-electron chi connectivity index (χ2n) is 4.95. The summed E-state index contributed by atoms with van der Waals surface area (Å²) in [6, 6.07) is 14.2. The number of thiocarbonyl (C=S) groups is 1. The Morgan fingerprint density at radius 3 is 2.36 bits per heavy atom. The molecule has 22 heavy (non-hydrogen) atoms. The molecule has 0 aliphatic rings. The minimum Gasteiger partial charge on any atom is -0.497 e. The Labute approximate surface area is 135 Å². The highest BCUT2D eigenvalue weighted by molar-refractivity contribution is 7.80. The minimum atomic E-state index is -0.240. The Balaban J connectivity index is 1.83. The molecule has 0 spiro atoms. The van der Waals surface area contributed by atoms with Crippen molar-refractivity contribution in [1.82, 2.24) is 10.6 Å². The molecule has 0 amide bonds. The molecule has 0 heterocycles. The standard InChI is InChI=1S/C17H19FN2OS/c1-12(14-5-7-15(18)8-6-14)20-17(22)19-11-13-3-9-16(21-2)10-4-13/h3-10,12H,11H2,1-2H3,(H2,19,20,22)/t12-/m0/s1. The largest absolute Gasteiger partial charge is 0.497 e. The quantitative estimate of drug-likeness (QED) is 0.826. The van der Waals surface area contributed by atoms with Gasteiger partial charge in [-0.15, -0.1) is 0 Å². The van der Waals surface area contributed by atoms with Crippen LogP contribution in [0, 0.1) is 5.82 Å². The number of nitrogens with one attached hydrogen (secondary N) is 2. The van der Waals surface area contributed by atoms with E-state index in [4.69, 9.17) is 17.0 Å². The van der Waals surface area contributed by atoms with E-state index in [9.17, 15) is 4.39 Å². The van der Waals surface area contributed by atoms with Gasteiger partial charge in [-0.25, -0.2) is 4.39 Å². The highest BCUT2D eigenvalue weighted by Crippen LogP contribution is 2.13. The first kappa shape index (κ1) is 16.2. The molecule has 0 unspecified atom stereocenters. The summed E-state index contributed by atoms with van der Waals surface area (Å²) < 4.78 is 18.0. The fourth-order valence-corrected chi connectivity index (χ4v) is 2.26. The summed E-state index contributed by atoms with van der Waals surface area (Å²) in [7, 11) is 1.64. The molecule has 2 aromatic rings. The molecule has 0 aliphatic carbocycles. The highest BCUT2D eigenvalue weighted by atomic mass is 32.1. The third kappa shape index (κ3) is 4.70. The summed E-state index contributed by atoms with van der Waals surface area (Å²) in [6.45, 7) is 2.61. The average molecular weight is 318 g/mol. The summed E-state index contributed by atoms with van der Waals surface area (Å²) >= 11 is 5.28. The van der Waals surface area contributed by atoms with Crippen molar-refractivity contribution in [2.75, 3.05) is 7.11 Å². The molecule has 0 aromatic heterocycles. The Morgan fingerprint density at radius 1 is 1.14 bits per heavy atom. The number of halogens is 1. The van der Waals surface area contributed by atoms with Crippen molar-refractivity contribution < 1.29 is 9.13 Å². The Hall–Kier alpha value is -2.14. The van der Waals surface area contributed by atoms with Crippen molar-refractivity contribution in [3.8, 4) is 5.75 Å². The van der Waals surface area contributed by atoms with Crippen LogP contribution in [0.1, 0.15) is 24.1 Å². The van der Waals surface area contributed by atoms with E-state index in [1.165, 1.54) is 12.1 Å². The summed E-state index contributed by atoms with van der Waals surface area (Å²) in [5.41, 5.74) is 2.09. The maximum atomic E-state index is 12.9. The van der Waals surface area contributed by atoms with Gasteiger partial charge < -0.3 is 15.4 Å². The predicted molar refractivity (Wildman–Crippen MR) is 90.4 cm³/mol. The van der Waals surface area contributed by atoms with Crippen LogP contribution in [0.2, 0.25) is 0 Å². The zero-order valence-corrected chi connectivity index (χ0v) is 13.4. The van der Waals surface area contributed by atoms with E-state index in [1.54, 1.807) is 19.2 Å². The maximum absolute atomic E-state index is 12.9. The molecule has 0 aliphatic heterocycles. The van der Waals surface area contributed by atoms with Crippen molar-refractivity contribution in [3.63, 3.8) is 0 Å². The van der Waals surface area contributed by atoms with Crippen LogP contribution in [0.5, 0.6) is 5.75 Å². The van der Waals surface area contributed by atoms with Crippen molar-refractivity contribution in [3.05, 3.63) is 65.5 Å². The Bertz CT molecular complexity index is 614. The van der Waals surface area contributed by atoms with E-state index in [1.807, 2.05) is 31.2 Å². The van der Waals surface area contributed by atoms with E-state index >= 15 is 0 Å². The summed E-state index contributed by atoms with van der Waals surface area (Å²) in [5, 5.41) is 6.90. The van der Waals surface area contributed by atoms with Crippen LogP contribution in [-0.2, 0) is 6.54 Å². The number of methoxy groups -OCH3 is 1. The van der Waals surface area contributed by atoms with Gasteiger partial charge in [0.2, 0.25) is 0 Å². The second-order valence-corrected chi connectivity index (χ2v) is 5.36. The molecule has 2 aromatic carbocycles. The third-order valence-electron chi connectivity index (χ3n) is 3.33. The molecule has 3 nitrogen and oxygen atoms in total. The van der Waals surface area contributed by atoms with E-state index in [-0.39, 0.29) is 11.9 Å². The van der Waals surface area contributed by atoms with Gasteiger partial charge in [-0.2, -0.15) is 0 Å². The van der Waals surface area contributed by atoms with Crippen LogP contribution < -0.4 is 15.4 Å². The lowest BCUT2D eigenvalue weighted by Crippen LogP contribution is -2.36. The zero-order valence-electron chi connectivity index (χ0n) is 12.6. The van der Waals surface area contributed by atoms with Gasteiger partial charge in [-0.3, -0.25) is 0 Å². The van der Waals surface area contributed by atoms with Crippen LogP contribution in [0.25, 0.3) is 0 Å². The maximum Gasteiger partial charge on any atom is 0.167 e. The topological polar surface area (TPSA) is 33.3 Å². The monoisotopic (exact) mass is 318 g/mol. The van der Waals surface area contributed by atoms with Crippen LogP contribution in [0.15, 0.2) is 48.5 Å². The smallest absolute Gasteiger partial charge is 0.167 e. The van der Waals surface area contributed by atoms with Gasteiger partial charge in [0.15, 0.2) is 5.11 Å². The van der Waals surface area contributed by atoms with Crippen molar-refractivity contribution in [2.45, 2.75) is 19.5 Å². The van der Waals surface area contributed by atoms with Crippen molar-refractivity contribution >= 4 is 17.3 Å². The predicted octanol–water partition coefficient (Wildman–Crippen LogP) is 3.56. The Morgan fingerprint density at radius 2 is 1.77 bits per heavy atom. The Kier molecular flexibility index (Phi) is 5.72. The first-order valence-corrected chi connectivity index (χ1v) is 7.42. The van der Waals surface area contributed by atoms with Crippen molar-refractivity contribution in [2.24, 2.45) is 0 Å². The lowest BCUT2D eigenvalue weighted by molar-refractivity contribution is 0.414. The van der Waals surface area contributed by atoms with Gasteiger partial charge in [-0.1, -0.05) is 24.3 Å². The van der Waals surface area contributed by atoms with Crippen LogP contribution in [0.3, 0.4) is 0 Å². The summed E-state index contributed by atoms with van der Waals surface area (Å²) in [4.78, 5) is 0. The van der Waals surface area contributed by atoms with Gasteiger partial charge in [-0.05, 0) is 54.5 Å². The minimum absolute atomic E-state index is 0.0106. The van der Waals surface area contributed by atoms with E-state index in [0.29, 0.717) is 11.7 Å². The van der Waals surface area contributed by atoms with Gasteiger partial charge in [0.1, 0.15) is 11.6 Å². The van der Waals surface area contributed by atoms with Gasteiger partial charge in [0.25, 0.3) is 0 Å². The molecule has 116 valence electrons. The van der Waals surface area contributed by atoms with E-state index in [2.05, 4.69) is 10.6 Å². The van der Waals surface area contributed by atoms with Crippen molar-refractivity contribution in [1.29, 1.82) is 0 Å². The molecule has 1 atom stereocenters. The van der Waals surface area contributed by atoms with Crippen LogP contribution >= 0.6 is 12.2 Å². The number of ether oxygens (including phenoxy) is 1. The van der Waals surface area contributed by atoms with Crippen LogP contribution in [-0.4, -0.2) is 12.2 Å². The SMILES string of the molecule is COc1ccc(CNC(=S)N[C@@H](C)c2ccc(F)cc2)cc1. The number of benzene rings is 2. The molecule has 0 radical (unpaired) electrons. The summed E-state index contributed by atoms with van der Waals surface area (Å²) in [5.74, 6) is 0.588. The molecule has 2 rings (SSSR count). The van der Waals surface area contributed by atoms with Gasteiger partial charge in [0, 0.05) is 6.54 Å². The molecule has 2 N–H and O–H groups in total. The molecular weight excluding hydrogens is 299 g/mol. The van der Waals surface area contributed by atoms with Gasteiger partial charge in [0.05, 0.1) is 13.2 Å². The molecule has 0 saturated carbocycles. The fourth-order valence-electron chi connectivity index (χ4n) is 2.01. The number of rotatable bonds is 5. The van der Waals surface area contributed by atoms with Crippen LogP contribution in [0.4, 0.5) is 4.39 Å². The average Bonchev–Trinajstić information content (AvgIpc) is 2.54. The lowest BCUT2D eigenvalue weighted by Gasteiger charge is -2.17. The molecule has 5 heteroatoms. The number of hydrogen-bond donors (Lipinski definition) is 2. The number of hydrogen-bond acceptors (Lipinski definition) is 2. The molecule has 0 fully saturated rings. The first-order chi connectivity index (χ1) is 10.6. The second kappa shape index (κ2) is 7.75. The summed E-state index contributed by atoms with van der Waals surface area (Å²) in [6.07, 6.45) is 0. The first-order valence-electron chi connectivity index (χ1n) is 7.01. The van der Waals surface area contributed by atoms with E-state index < -0.39 is 0 Å². The highest BCUT2D eigenvalue weighted by Gasteiger charge is 2.07. The van der Waals surface area contributed by atoms with E-state index in [0.717, 1.165) is 16.9 Å². The normalized spacial score (nSPS) is 11.6. The molecular formula is C17H19FN2OS. The zero-order chi connectivity index (χ0) is 15.9. The lowest BCUT2D eigenvalue weighted by atomic mass is 10.1. The fraction of sp³-hybridized carbons (Fsp3) is 0.235. The van der Waals surface area contributed by atoms with Gasteiger partial charge >= 0.3 is 0 Å². The molecule has 0 bridgehead atoms. The third-order valence-corrected chi connectivity index (χ3v) is 3.59. The molecule has 0 saturated heterocycles.